The molecule has 6 heteroatoms. The average molecular weight is 260 g/mol. The highest BCUT2D eigenvalue weighted by Crippen LogP contribution is 2.16. The zero-order chi connectivity index (χ0) is 12.9. The standard InChI is InChI=1S/C11H14N.ClHO4/c1-10-6-5-9-12(10)11-7-3-2-4-8-11;2-1(3,4)5/h2-4,7-8H,5-6,9H2,1H3;(H,2,3,4,5)/q+1;/p-1. The second-order valence-electron chi connectivity index (χ2n) is 3.70. The molecule has 17 heavy (non-hydrogen) atoms. The first-order chi connectivity index (χ1) is 7.88. The van der Waals surface area contributed by atoms with E-state index in [9.17, 15) is 0 Å². The van der Waals surface area contributed by atoms with Crippen molar-refractivity contribution in [3.63, 3.8) is 0 Å². The number of para-hydroxylation sites is 1. The molecule has 0 aromatic heterocycles. The van der Waals surface area contributed by atoms with Gasteiger partial charge in [0.25, 0.3) is 0 Å². The summed E-state index contributed by atoms with van der Waals surface area (Å²) in [6, 6.07) is 10.6. The van der Waals surface area contributed by atoms with Crippen LogP contribution in [0.25, 0.3) is 0 Å². The molecule has 1 aliphatic heterocycles. The highest BCUT2D eigenvalue weighted by Gasteiger charge is 2.19. The van der Waals surface area contributed by atoms with Crippen molar-refractivity contribution in [2.24, 2.45) is 0 Å². The van der Waals surface area contributed by atoms with Gasteiger partial charge in [0, 0.05) is 31.9 Å². The maximum atomic E-state index is 8.49. The van der Waals surface area contributed by atoms with Crippen LogP contribution in [0.15, 0.2) is 30.3 Å². The Morgan fingerprint density at radius 1 is 1.06 bits per heavy atom. The van der Waals surface area contributed by atoms with E-state index < -0.39 is 10.2 Å². The summed E-state index contributed by atoms with van der Waals surface area (Å²) in [5, 5.41) is 0. The summed E-state index contributed by atoms with van der Waals surface area (Å²) < 4.78 is 36.4. The largest absolute Gasteiger partial charge is 0.222 e. The SMILES string of the molecule is CC1=[N+](c2ccccc2)CCC1.[O-][Cl+3]([O-])([O-])[O-]. The third-order valence-corrected chi connectivity index (χ3v) is 2.45. The van der Waals surface area contributed by atoms with Gasteiger partial charge in [-0.05, 0) is 0 Å². The summed E-state index contributed by atoms with van der Waals surface area (Å²) >= 11 is 0. The molecule has 1 aliphatic rings. The van der Waals surface area contributed by atoms with E-state index in [-0.39, 0.29) is 0 Å². The summed E-state index contributed by atoms with van der Waals surface area (Å²) in [7, 11) is -4.94. The number of hydrogen-bond donors (Lipinski definition) is 0. The molecule has 1 heterocycles. The van der Waals surface area contributed by atoms with Gasteiger partial charge in [0.05, 0.1) is 0 Å². The molecule has 0 N–H and O–H groups in total. The van der Waals surface area contributed by atoms with Crippen LogP contribution in [0.2, 0.25) is 0 Å². The zero-order valence-electron chi connectivity index (χ0n) is 9.47. The van der Waals surface area contributed by atoms with Gasteiger partial charge in [0.1, 0.15) is 6.54 Å². The smallest absolute Gasteiger partial charge is 0.205 e. The molecule has 1 aromatic rings. The minimum absolute atomic E-state index is 1.19. The van der Waals surface area contributed by atoms with Crippen LogP contribution in [0.1, 0.15) is 19.8 Å². The van der Waals surface area contributed by atoms with Gasteiger partial charge in [-0.3, -0.25) is 0 Å². The minimum atomic E-state index is -4.94. The Morgan fingerprint density at radius 3 is 2.00 bits per heavy atom. The molecule has 0 radical (unpaired) electrons. The van der Waals surface area contributed by atoms with E-state index in [1.807, 2.05) is 0 Å². The highest BCUT2D eigenvalue weighted by atomic mass is 35.7. The molecule has 5 nitrogen and oxygen atoms in total. The third-order valence-electron chi connectivity index (χ3n) is 2.45. The first-order valence-corrected chi connectivity index (χ1v) is 6.38. The van der Waals surface area contributed by atoms with E-state index in [2.05, 4.69) is 41.8 Å². The Hall–Kier alpha value is -0.980. The molecular weight excluding hydrogens is 246 g/mol. The fourth-order valence-electron chi connectivity index (χ4n) is 1.78. The predicted octanol–water partition coefficient (Wildman–Crippen LogP) is -2.17. The quantitative estimate of drug-likeness (QED) is 0.536. The van der Waals surface area contributed by atoms with Crippen molar-refractivity contribution in [3.8, 4) is 0 Å². The summed E-state index contributed by atoms with van der Waals surface area (Å²) in [6.45, 7) is 3.41. The van der Waals surface area contributed by atoms with Crippen LogP contribution in [0, 0.1) is 10.2 Å². The van der Waals surface area contributed by atoms with Crippen LogP contribution in [0.5, 0.6) is 0 Å². The molecule has 0 atom stereocenters. The van der Waals surface area contributed by atoms with Crippen LogP contribution in [0.4, 0.5) is 5.69 Å². The van der Waals surface area contributed by atoms with E-state index in [4.69, 9.17) is 18.6 Å². The molecule has 0 amide bonds. The Labute approximate surface area is 102 Å². The first-order valence-electron chi connectivity index (χ1n) is 5.14. The van der Waals surface area contributed by atoms with Crippen molar-refractivity contribution in [3.05, 3.63) is 30.3 Å². The molecule has 0 unspecified atom stereocenters. The van der Waals surface area contributed by atoms with Crippen molar-refractivity contribution in [2.75, 3.05) is 6.54 Å². The molecule has 0 bridgehead atoms. The van der Waals surface area contributed by atoms with Crippen LogP contribution in [0.3, 0.4) is 0 Å². The Kier molecular flexibility index (Phi) is 5.04. The molecule has 94 valence electrons. The summed E-state index contributed by atoms with van der Waals surface area (Å²) in [4.78, 5) is 0. The number of halogens is 1. The van der Waals surface area contributed by atoms with Crippen LogP contribution in [-0.2, 0) is 0 Å². The number of hydrogen-bond acceptors (Lipinski definition) is 4. The second kappa shape index (κ2) is 6.09. The van der Waals surface area contributed by atoms with Gasteiger partial charge >= 0.3 is 0 Å². The van der Waals surface area contributed by atoms with Crippen LogP contribution >= 0.6 is 0 Å². The summed E-state index contributed by atoms with van der Waals surface area (Å²) in [6.07, 6.45) is 2.57. The first kappa shape index (κ1) is 14.1. The van der Waals surface area contributed by atoms with Crippen molar-refractivity contribution in [1.29, 1.82) is 0 Å². The number of nitrogens with zero attached hydrogens (tertiary/aromatic N) is 1. The molecular formula is C11H14ClNO4. The molecule has 0 saturated heterocycles. The van der Waals surface area contributed by atoms with E-state index in [1.165, 1.54) is 30.8 Å². The molecule has 1 aromatic carbocycles. The highest BCUT2D eigenvalue weighted by molar-refractivity contribution is 5.79. The normalized spacial score (nSPS) is 15.6. The Balaban J connectivity index is 0.000000249. The van der Waals surface area contributed by atoms with Gasteiger partial charge in [-0.25, -0.2) is 23.2 Å². The lowest BCUT2D eigenvalue weighted by atomic mass is 10.3. The van der Waals surface area contributed by atoms with E-state index >= 15 is 0 Å². The van der Waals surface area contributed by atoms with E-state index in [0.29, 0.717) is 0 Å². The molecule has 0 spiro atoms. The Bertz CT molecular complexity index is 380. The van der Waals surface area contributed by atoms with Crippen molar-refractivity contribution in [2.45, 2.75) is 19.8 Å². The topological polar surface area (TPSA) is 95.2 Å². The molecule has 2 rings (SSSR count). The van der Waals surface area contributed by atoms with Crippen LogP contribution in [-0.4, -0.2) is 16.8 Å². The van der Waals surface area contributed by atoms with Crippen LogP contribution < -0.4 is 18.6 Å². The van der Waals surface area contributed by atoms with Crippen molar-refractivity contribution < 1.29 is 33.5 Å². The number of rotatable bonds is 1. The van der Waals surface area contributed by atoms with Crippen molar-refractivity contribution in [1.82, 2.24) is 0 Å². The van der Waals surface area contributed by atoms with E-state index in [0.717, 1.165) is 0 Å². The van der Waals surface area contributed by atoms with Gasteiger partial charge in [-0.15, -0.1) is 10.2 Å². The predicted molar refractivity (Wildman–Crippen MR) is 51.1 cm³/mol. The number of benzene rings is 1. The lowest BCUT2D eigenvalue weighted by Crippen LogP contribution is -2.68. The zero-order valence-corrected chi connectivity index (χ0v) is 10.2. The Morgan fingerprint density at radius 2 is 1.59 bits per heavy atom. The van der Waals surface area contributed by atoms with Gasteiger partial charge in [0.15, 0.2) is 5.71 Å². The maximum Gasteiger partial charge on any atom is 0.205 e. The van der Waals surface area contributed by atoms with Crippen molar-refractivity contribution >= 4 is 11.4 Å². The molecule has 0 aliphatic carbocycles. The monoisotopic (exact) mass is 259 g/mol. The third kappa shape index (κ3) is 5.76. The average Bonchev–Trinajstić information content (AvgIpc) is 2.63. The van der Waals surface area contributed by atoms with Gasteiger partial charge in [-0.1, -0.05) is 18.2 Å². The molecule has 0 saturated carbocycles. The van der Waals surface area contributed by atoms with Gasteiger partial charge in [0.2, 0.25) is 5.69 Å². The lowest BCUT2D eigenvalue weighted by molar-refractivity contribution is -2.00. The van der Waals surface area contributed by atoms with Gasteiger partial charge in [-0.2, -0.15) is 0 Å². The van der Waals surface area contributed by atoms with E-state index in [1.54, 1.807) is 0 Å². The fraction of sp³-hybridized carbons (Fsp3) is 0.364. The lowest BCUT2D eigenvalue weighted by Gasteiger charge is -2.17. The molecule has 0 fully saturated rings. The summed E-state index contributed by atoms with van der Waals surface area (Å²) in [5.74, 6) is 0. The fourth-order valence-corrected chi connectivity index (χ4v) is 1.78. The maximum absolute atomic E-state index is 8.49. The second-order valence-corrected chi connectivity index (χ2v) is 4.46. The minimum Gasteiger partial charge on any atom is -0.222 e. The summed E-state index contributed by atoms with van der Waals surface area (Å²) in [5.41, 5.74) is 2.84. The van der Waals surface area contributed by atoms with Gasteiger partial charge < -0.3 is 0 Å².